The Morgan fingerprint density at radius 3 is 2.64 bits per heavy atom. The second-order valence-corrected chi connectivity index (χ2v) is 6.00. The Bertz CT molecular complexity index is 831. The van der Waals surface area contributed by atoms with Gasteiger partial charge in [-0.25, -0.2) is 4.68 Å². The average Bonchev–Trinajstić information content (AvgIpc) is 3.11. The van der Waals surface area contributed by atoms with E-state index in [1.165, 1.54) is 0 Å². The van der Waals surface area contributed by atoms with Crippen LogP contribution >= 0.6 is 11.6 Å². The van der Waals surface area contributed by atoms with Gasteiger partial charge in [0.15, 0.2) is 6.10 Å². The summed E-state index contributed by atoms with van der Waals surface area (Å²) >= 11 is 5.83. The second kappa shape index (κ2) is 7.85. The minimum atomic E-state index is -0.606. The zero-order valence-corrected chi connectivity index (χ0v) is 14.5. The molecule has 0 unspecified atom stereocenters. The van der Waals surface area contributed by atoms with Crippen LogP contribution in [0.1, 0.15) is 12.5 Å². The van der Waals surface area contributed by atoms with Crippen molar-refractivity contribution in [2.24, 2.45) is 0 Å². The molecule has 0 aliphatic heterocycles. The largest absolute Gasteiger partial charge is 0.481 e. The highest BCUT2D eigenvalue weighted by molar-refractivity contribution is 6.30. The van der Waals surface area contributed by atoms with E-state index in [4.69, 9.17) is 16.3 Å². The molecule has 2 aromatic carbocycles. The topological polar surface area (TPSA) is 56.1 Å². The first-order valence-electron chi connectivity index (χ1n) is 7.91. The lowest BCUT2D eigenvalue weighted by molar-refractivity contribution is -0.127. The van der Waals surface area contributed by atoms with Gasteiger partial charge in [-0.1, -0.05) is 29.8 Å². The van der Waals surface area contributed by atoms with Crippen molar-refractivity contribution in [1.82, 2.24) is 15.1 Å². The molecule has 128 valence electrons. The monoisotopic (exact) mass is 355 g/mol. The first kappa shape index (κ1) is 17.0. The summed E-state index contributed by atoms with van der Waals surface area (Å²) in [5.41, 5.74) is 1.88. The fraction of sp³-hybridized carbons (Fsp3) is 0.158. The van der Waals surface area contributed by atoms with Crippen molar-refractivity contribution in [1.29, 1.82) is 0 Å². The maximum Gasteiger partial charge on any atom is 0.261 e. The standard InChI is InChI=1S/C19H18ClN3O2/c1-14(25-18-9-7-16(20)8-10-18)19(24)21-11-15-12-22-23(13-15)17-5-3-2-4-6-17/h2-10,12-14H,11H2,1H3,(H,21,24)/t14-/m1/s1. The van der Waals surface area contributed by atoms with Crippen molar-refractivity contribution in [3.05, 3.63) is 77.6 Å². The molecule has 3 aromatic rings. The Morgan fingerprint density at radius 2 is 1.92 bits per heavy atom. The van der Waals surface area contributed by atoms with Crippen molar-refractivity contribution in [3.63, 3.8) is 0 Å². The van der Waals surface area contributed by atoms with E-state index in [1.807, 2.05) is 36.5 Å². The van der Waals surface area contributed by atoms with Gasteiger partial charge in [0, 0.05) is 23.3 Å². The van der Waals surface area contributed by atoms with Crippen LogP contribution in [0.2, 0.25) is 5.02 Å². The number of carbonyl (C=O) groups is 1. The molecule has 1 atom stereocenters. The van der Waals surface area contributed by atoms with Crippen LogP contribution in [0.25, 0.3) is 5.69 Å². The zero-order valence-electron chi connectivity index (χ0n) is 13.7. The van der Waals surface area contributed by atoms with E-state index in [9.17, 15) is 4.79 Å². The number of amides is 1. The van der Waals surface area contributed by atoms with E-state index in [2.05, 4.69) is 10.4 Å². The van der Waals surface area contributed by atoms with E-state index in [-0.39, 0.29) is 5.91 Å². The van der Waals surface area contributed by atoms with Gasteiger partial charge in [0.2, 0.25) is 0 Å². The predicted molar refractivity (Wildman–Crippen MR) is 97.0 cm³/mol. The number of hydrogen-bond acceptors (Lipinski definition) is 3. The van der Waals surface area contributed by atoms with Gasteiger partial charge in [0.25, 0.3) is 5.91 Å². The molecule has 5 nitrogen and oxygen atoms in total. The summed E-state index contributed by atoms with van der Waals surface area (Å²) < 4.78 is 7.38. The minimum absolute atomic E-state index is 0.192. The normalized spacial score (nSPS) is 11.8. The molecular weight excluding hydrogens is 338 g/mol. The SMILES string of the molecule is C[C@@H](Oc1ccc(Cl)cc1)C(=O)NCc1cnn(-c2ccccc2)c1. The molecular formula is C19H18ClN3O2. The third-order valence-electron chi connectivity index (χ3n) is 3.62. The van der Waals surface area contributed by atoms with Gasteiger partial charge in [0.1, 0.15) is 5.75 Å². The third-order valence-corrected chi connectivity index (χ3v) is 3.87. The number of hydrogen-bond donors (Lipinski definition) is 1. The molecule has 1 N–H and O–H groups in total. The number of nitrogens with zero attached hydrogens (tertiary/aromatic N) is 2. The maximum absolute atomic E-state index is 12.2. The summed E-state index contributed by atoms with van der Waals surface area (Å²) in [4.78, 5) is 12.2. The Labute approximate surface area is 151 Å². The van der Waals surface area contributed by atoms with Gasteiger partial charge >= 0.3 is 0 Å². The quantitative estimate of drug-likeness (QED) is 0.735. The number of ether oxygens (including phenoxy) is 1. The van der Waals surface area contributed by atoms with Crippen LogP contribution in [0.4, 0.5) is 0 Å². The fourth-order valence-corrected chi connectivity index (χ4v) is 2.40. The van der Waals surface area contributed by atoms with E-state index in [0.717, 1.165) is 11.3 Å². The molecule has 1 aromatic heterocycles. The molecule has 6 heteroatoms. The summed E-state index contributed by atoms with van der Waals surface area (Å²) in [6, 6.07) is 16.7. The summed E-state index contributed by atoms with van der Waals surface area (Å²) in [6.45, 7) is 2.09. The van der Waals surface area contributed by atoms with Gasteiger partial charge in [-0.15, -0.1) is 0 Å². The molecule has 0 saturated heterocycles. The number of benzene rings is 2. The van der Waals surface area contributed by atoms with Crippen LogP contribution in [0.3, 0.4) is 0 Å². The van der Waals surface area contributed by atoms with Crippen LogP contribution in [-0.2, 0) is 11.3 Å². The van der Waals surface area contributed by atoms with Crippen molar-refractivity contribution >= 4 is 17.5 Å². The van der Waals surface area contributed by atoms with E-state index >= 15 is 0 Å². The summed E-state index contributed by atoms with van der Waals surface area (Å²) in [7, 11) is 0. The van der Waals surface area contributed by atoms with Gasteiger partial charge in [0.05, 0.1) is 11.9 Å². The Balaban J connectivity index is 1.53. The number of nitrogens with one attached hydrogen (secondary N) is 1. The van der Waals surface area contributed by atoms with E-state index < -0.39 is 6.10 Å². The zero-order chi connectivity index (χ0) is 17.6. The lowest BCUT2D eigenvalue weighted by atomic mass is 10.3. The Kier molecular flexibility index (Phi) is 5.36. The molecule has 1 amide bonds. The predicted octanol–water partition coefficient (Wildman–Crippen LogP) is 3.61. The Morgan fingerprint density at radius 1 is 1.20 bits per heavy atom. The van der Waals surface area contributed by atoms with Gasteiger partial charge < -0.3 is 10.1 Å². The average molecular weight is 356 g/mol. The molecule has 0 fully saturated rings. The molecule has 0 aliphatic carbocycles. The number of halogens is 1. The molecule has 1 heterocycles. The number of aromatic nitrogens is 2. The third kappa shape index (κ3) is 4.61. The molecule has 0 bridgehead atoms. The van der Waals surface area contributed by atoms with Crippen LogP contribution in [-0.4, -0.2) is 21.8 Å². The van der Waals surface area contributed by atoms with Gasteiger partial charge in [-0.05, 0) is 43.3 Å². The highest BCUT2D eigenvalue weighted by Gasteiger charge is 2.14. The van der Waals surface area contributed by atoms with Crippen LogP contribution < -0.4 is 10.1 Å². The lowest BCUT2D eigenvalue weighted by Crippen LogP contribution is -2.35. The van der Waals surface area contributed by atoms with Gasteiger partial charge in [-0.2, -0.15) is 5.10 Å². The minimum Gasteiger partial charge on any atom is -0.481 e. The first-order valence-corrected chi connectivity index (χ1v) is 8.28. The van der Waals surface area contributed by atoms with Crippen LogP contribution in [0.5, 0.6) is 5.75 Å². The molecule has 0 radical (unpaired) electrons. The van der Waals surface area contributed by atoms with Crippen molar-refractivity contribution < 1.29 is 9.53 Å². The smallest absolute Gasteiger partial charge is 0.261 e. The van der Waals surface area contributed by atoms with Crippen molar-refractivity contribution in [2.45, 2.75) is 19.6 Å². The Hall–Kier alpha value is -2.79. The maximum atomic E-state index is 12.2. The second-order valence-electron chi connectivity index (χ2n) is 5.56. The summed E-state index contributed by atoms with van der Waals surface area (Å²) in [5, 5.41) is 7.78. The fourth-order valence-electron chi connectivity index (χ4n) is 2.28. The molecule has 0 saturated carbocycles. The van der Waals surface area contributed by atoms with E-state index in [0.29, 0.717) is 17.3 Å². The first-order chi connectivity index (χ1) is 12.1. The van der Waals surface area contributed by atoms with E-state index in [1.54, 1.807) is 42.1 Å². The number of para-hydroxylation sites is 1. The molecule has 25 heavy (non-hydrogen) atoms. The highest BCUT2D eigenvalue weighted by atomic mass is 35.5. The molecule has 3 rings (SSSR count). The van der Waals surface area contributed by atoms with Crippen molar-refractivity contribution in [2.75, 3.05) is 0 Å². The highest BCUT2D eigenvalue weighted by Crippen LogP contribution is 2.16. The lowest BCUT2D eigenvalue weighted by Gasteiger charge is -2.14. The number of carbonyl (C=O) groups excluding carboxylic acids is 1. The van der Waals surface area contributed by atoms with Crippen molar-refractivity contribution in [3.8, 4) is 11.4 Å². The molecule has 0 aliphatic rings. The van der Waals surface area contributed by atoms with Gasteiger partial charge in [-0.3, -0.25) is 4.79 Å². The molecule has 0 spiro atoms. The van der Waals surface area contributed by atoms with Crippen LogP contribution in [0.15, 0.2) is 67.0 Å². The summed E-state index contributed by atoms with van der Waals surface area (Å²) in [5.74, 6) is 0.409. The summed E-state index contributed by atoms with van der Waals surface area (Å²) in [6.07, 6.45) is 3.02. The number of rotatable bonds is 6. The van der Waals surface area contributed by atoms with Crippen LogP contribution in [0, 0.1) is 0 Å².